The van der Waals surface area contributed by atoms with E-state index in [-0.39, 0.29) is 0 Å². The van der Waals surface area contributed by atoms with Gasteiger partial charge < -0.3 is 5.32 Å². The minimum Gasteiger partial charge on any atom is -0.306 e. The van der Waals surface area contributed by atoms with E-state index in [1.807, 2.05) is 0 Å². The molecule has 1 aliphatic rings. The molecule has 1 nitrogen and oxygen atoms in total. The Morgan fingerprint density at radius 2 is 2.08 bits per heavy atom. The van der Waals surface area contributed by atoms with Crippen LogP contribution in [0.3, 0.4) is 0 Å². The van der Waals surface area contributed by atoms with Crippen LogP contribution in [0.5, 0.6) is 0 Å². The molecule has 1 atom stereocenters. The van der Waals surface area contributed by atoms with E-state index in [9.17, 15) is 0 Å². The van der Waals surface area contributed by atoms with Crippen LogP contribution in [0.25, 0.3) is 0 Å². The summed E-state index contributed by atoms with van der Waals surface area (Å²) in [5.74, 6) is 0. The zero-order valence-corrected chi connectivity index (χ0v) is 8.01. The second-order valence-corrected chi connectivity index (χ2v) is 3.75. The summed E-state index contributed by atoms with van der Waals surface area (Å²) in [6.45, 7) is 7.06. The lowest BCUT2D eigenvalue weighted by Crippen LogP contribution is -2.35. The van der Waals surface area contributed by atoms with Gasteiger partial charge in [0.1, 0.15) is 0 Å². The van der Waals surface area contributed by atoms with Gasteiger partial charge in [-0.25, -0.2) is 0 Å². The molecule has 1 heteroatoms. The summed E-state index contributed by atoms with van der Waals surface area (Å²) in [6, 6.07) is 9.08. The average Bonchev–Trinajstić information content (AvgIpc) is 2.17. The molecule has 0 spiro atoms. The van der Waals surface area contributed by atoms with Crippen molar-refractivity contribution >= 4 is 0 Å². The van der Waals surface area contributed by atoms with E-state index in [0.717, 1.165) is 13.0 Å². The van der Waals surface area contributed by atoms with E-state index in [1.54, 1.807) is 0 Å². The van der Waals surface area contributed by atoms with Gasteiger partial charge in [-0.2, -0.15) is 0 Å². The highest BCUT2D eigenvalue weighted by Crippen LogP contribution is 2.18. The molecule has 0 aromatic heterocycles. The highest BCUT2D eigenvalue weighted by atomic mass is 14.9. The number of hydrogen-bond acceptors (Lipinski definition) is 1. The monoisotopic (exact) mass is 173 g/mol. The maximum Gasteiger partial charge on any atom is 0.0317 e. The SMILES string of the molecule is C=C(C)[C@@H]1Cc2ccccc2CN1. The third-order valence-corrected chi connectivity index (χ3v) is 2.68. The molecule has 13 heavy (non-hydrogen) atoms. The topological polar surface area (TPSA) is 12.0 Å². The van der Waals surface area contributed by atoms with Gasteiger partial charge in [-0.05, 0) is 24.5 Å². The molecule has 2 rings (SSSR count). The fraction of sp³-hybridized carbons (Fsp3) is 0.333. The van der Waals surface area contributed by atoms with Crippen molar-refractivity contribution in [2.45, 2.75) is 25.9 Å². The second kappa shape index (κ2) is 3.35. The molecule has 0 saturated carbocycles. The molecule has 1 N–H and O–H groups in total. The van der Waals surface area contributed by atoms with Crippen molar-refractivity contribution in [2.75, 3.05) is 0 Å². The number of rotatable bonds is 1. The van der Waals surface area contributed by atoms with E-state index in [0.29, 0.717) is 6.04 Å². The first kappa shape index (κ1) is 8.52. The molecule has 0 aliphatic carbocycles. The Bertz CT molecular complexity index is 328. The Hall–Kier alpha value is -1.08. The molecule has 68 valence electrons. The molecular formula is C12H15N. The predicted octanol–water partition coefficient (Wildman–Crippen LogP) is 2.28. The van der Waals surface area contributed by atoms with Gasteiger partial charge in [0.2, 0.25) is 0 Å². The molecule has 0 bridgehead atoms. The Kier molecular flexibility index (Phi) is 2.19. The highest BCUT2D eigenvalue weighted by molar-refractivity contribution is 5.31. The second-order valence-electron chi connectivity index (χ2n) is 3.75. The number of fused-ring (bicyclic) bond motifs is 1. The van der Waals surface area contributed by atoms with Crippen LogP contribution >= 0.6 is 0 Å². The van der Waals surface area contributed by atoms with Gasteiger partial charge >= 0.3 is 0 Å². The summed E-state index contributed by atoms with van der Waals surface area (Å²) in [5.41, 5.74) is 4.13. The Labute approximate surface area is 79.5 Å². The zero-order valence-electron chi connectivity index (χ0n) is 8.01. The third-order valence-electron chi connectivity index (χ3n) is 2.68. The minimum atomic E-state index is 0.467. The van der Waals surface area contributed by atoms with Crippen LogP contribution < -0.4 is 5.32 Å². The standard InChI is InChI=1S/C12H15N/c1-9(2)12-7-10-5-3-4-6-11(10)8-13-12/h3-6,12-13H,1,7-8H2,2H3/t12-/m0/s1. The van der Waals surface area contributed by atoms with E-state index in [2.05, 4.69) is 43.1 Å². The van der Waals surface area contributed by atoms with Crippen molar-refractivity contribution in [2.24, 2.45) is 0 Å². The molecule has 0 amide bonds. The fourth-order valence-corrected chi connectivity index (χ4v) is 1.80. The number of nitrogens with one attached hydrogen (secondary N) is 1. The van der Waals surface area contributed by atoms with E-state index in [1.165, 1.54) is 16.7 Å². The number of benzene rings is 1. The van der Waals surface area contributed by atoms with Crippen molar-refractivity contribution in [3.63, 3.8) is 0 Å². The van der Waals surface area contributed by atoms with Crippen LogP contribution in [0.1, 0.15) is 18.1 Å². The van der Waals surface area contributed by atoms with Gasteiger partial charge in [0.05, 0.1) is 0 Å². The summed E-state index contributed by atoms with van der Waals surface area (Å²) in [4.78, 5) is 0. The van der Waals surface area contributed by atoms with Crippen molar-refractivity contribution in [3.8, 4) is 0 Å². The minimum absolute atomic E-state index is 0.467. The first-order valence-corrected chi connectivity index (χ1v) is 4.73. The third kappa shape index (κ3) is 1.65. The summed E-state index contributed by atoms with van der Waals surface area (Å²) in [6.07, 6.45) is 1.09. The summed E-state index contributed by atoms with van der Waals surface area (Å²) in [7, 11) is 0. The summed E-state index contributed by atoms with van der Waals surface area (Å²) in [5, 5.41) is 3.48. The van der Waals surface area contributed by atoms with E-state index >= 15 is 0 Å². The van der Waals surface area contributed by atoms with Gasteiger partial charge in [0.15, 0.2) is 0 Å². The Morgan fingerprint density at radius 1 is 1.38 bits per heavy atom. The Morgan fingerprint density at radius 3 is 2.77 bits per heavy atom. The lowest BCUT2D eigenvalue weighted by atomic mass is 9.93. The summed E-state index contributed by atoms with van der Waals surface area (Å²) >= 11 is 0. The molecule has 0 fully saturated rings. The van der Waals surface area contributed by atoms with E-state index in [4.69, 9.17) is 0 Å². The van der Waals surface area contributed by atoms with Crippen molar-refractivity contribution in [3.05, 3.63) is 47.5 Å². The first-order chi connectivity index (χ1) is 6.27. The van der Waals surface area contributed by atoms with Crippen LogP contribution in [0.15, 0.2) is 36.4 Å². The maximum atomic E-state index is 3.99. The van der Waals surface area contributed by atoms with Crippen LogP contribution in [0, 0.1) is 0 Å². The van der Waals surface area contributed by atoms with Crippen molar-refractivity contribution in [1.29, 1.82) is 0 Å². The number of hydrogen-bond donors (Lipinski definition) is 1. The van der Waals surface area contributed by atoms with Gasteiger partial charge in [-0.1, -0.05) is 36.4 Å². The van der Waals surface area contributed by atoms with Crippen LogP contribution in [0.4, 0.5) is 0 Å². The zero-order chi connectivity index (χ0) is 9.26. The molecule has 0 saturated heterocycles. The molecular weight excluding hydrogens is 158 g/mol. The smallest absolute Gasteiger partial charge is 0.0317 e. The van der Waals surface area contributed by atoms with Gasteiger partial charge in [0, 0.05) is 12.6 Å². The Balaban J connectivity index is 2.24. The fourth-order valence-electron chi connectivity index (χ4n) is 1.80. The van der Waals surface area contributed by atoms with Gasteiger partial charge in [-0.3, -0.25) is 0 Å². The molecule has 1 aromatic carbocycles. The van der Waals surface area contributed by atoms with E-state index < -0.39 is 0 Å². The van der Waals surface area contributed by atoms with Crippen LogP contribution in [-0.4, -0.2) is 6.04 Å². The van der Waals surface area contributed by atoms with Crippen molar-refractivity contribution < 1.29 is 0 Å². The quantitative estimate of drug-likeness (QED) is 0.642. The van der Waals surface area contributed by atoms with Crippen LogP contribution in [-0.2, 0) is 13.0 Å². The molecule has 0 radical (unpaired) electrons. The summed E-state index contributed by atoms with van der Waals surface area (Å²) < 4.78 is 0. The average molecular weight is 173 g/mol. The lowest BCUT2D eigenvalue weighted by molar-refractivity contribution is 0.534. The predicted molar refractivity (Wildman–Crippen MR) is 55.6 cm³/mol. The van der Waals surface area contributed by atoms with Gasteiger partial charge in [-0.15, -0.1) is 0 Å². The first-order valence-electron chi connectivity index (χ1n) is 4.73. The normalized spacial score (nSPS) is 20.8. The molecule has 1 aliphatic heterocycles. The van der Waals surface area contributed by atoms with Crippen molar-refractivity contribution in [1.82, 2.24) is 5.32 Å². The van der Waals surface area contributed by atoms with Crippen LogP contribution in [0.2, 0.25) is 0 Å². The highest BCUT2D eigenvalue weighted by Gasteiger charge is 2.16. The van der Waals surface area contributed by atoms with Gasteiger partial charge in [0.25, 0.3) is 0 Å². The molecule has 1 heterocycles. The molecule has 0 unspecified atom stereocenters. The molecule has 1 aromatic rings. The lowest BCUT2D eigenvalue weighted by Gasteiger charge is -2.26. The largest absolute Gasteiger partial charge is 0.306 e. The maximum absolute atomic E-state index is 3.99.